The van der Waals surface area contributed by atoms with Crippen molar-refractivity contribution < 1.29 is 8.91 Å². The number of nitrogens with zero attached hydrogens (tertiary/aromatic N) is 4. The highest BCUT2D eigenvalue weighted by Crippen LogP contribution is 2.20. The molecular weight excluding hydrogens is 427 g/mol. The Morgan fingerprint density at radius 2 is 1.86 bits per heavy atom. The van der Waals surface area contributed by atoms with E-state index in [4.69, 9.17) is 4.52 Å². The van der Waals surface area contributed by atoms with Crippen LogP contribution in [-0.2, 0) is 13.0 Å². The molecule has 2 aromatic heterocycles. The van der Waals surface area contributed by atoms with Crippen molar-refractivity contribution in [3.8, 4) is 22.6 Å². The topological polar surface area (TPSA) is 73.8 Å². The van der Waals surface area contributed by atoms with E-state index in [-0.39, 0.29) is 17.9 Å². The van der Waals surface area contributed by atoms with E-state index in [1.165, 1.54) is 22.9 Å². The Morgan fingerprint density at radius 3 is 2.64 bits per heavy atom. The van der Waals surface area contributed by atoms with E-state index in [0.717, 1.165) is 15.6 Å². The van der Waals surface area contributed by atoms with Crippen molar-refractivity contribution in [3.63, 3.8) is 0 Å². The fourth-order valence-corrected chi connectivity index (χ4v) is 3.09. The zero-order valence-corrected chi connectivity index (χ0v) is 16.1. The number of halogens is 2. The van der Waals surface area contributed by atoms with Gasteiger partial charge in [-0.05, 0) is 42.5 Å². The predicted octanol–water partition coefficient (Wildman–Crippen LogP) is 4.10. The van der Waals surface area contributed by atoms with Crippen LogP contribution in [0, 0.1) is 5.82 Å². The van der Waals surface area contributed by atoms with E-state index in [0.29, 0.717) is 23.8 Å². The van der Waals surface area contributed by atoms with Gasteiger partial charge in [-0.1, -0.05) is 33.2 Å². The van der Waals surface area contributed by atoms with Crippen LogP contribution in [0.1, 0.15) is 5.89 Å². The molecule has 0 aliphatic heterocycles. The maximum absolute atomic E-state index is 13.1. The van der Waals surface area contributed by atoms with Crippen molar-refractivity contribution in [3.05, 3.63) is 87.2 Å². The molecule has 6 nitrogen and oxygen atoms in total. The number of aromatic nitrogens is 4. The number of benzene rings is 2. The molecule has 0 bridgehead atoms. The summed E-state index contributed by atoms with van der Waals surface area (Å²) in [5, 5.41) is 8.33. The molecule has 0 saturated carbocycles. The van der Waals surface area contributed by atoms with Crippen LogP contribution in [0.15, 0.2) is 74.5 Å². The smallest absolute Gasteiger partial charge is 0.266 e. The first-order valence-corrected chi connectivity index (χ1v) is 9.30. The van der Waals surface area contributed by atoms with E-state index in [2.05, 4.69) is 31.2 Å². The standard InChI is InChI=1S/C20H14BrFN4O2/c21-15-3-1-2-14(12-15)20-23-18(28-25-20)10-11-26-19(27)9-8-17(24-26)13-4-6-16(22)7-5-13/h1-9,12H,10-11H2. The first-order valence-electron chi connectivity index (χ1n) is 8.51. The van der Waals surface area contributed by atoms with Gasteiger partial charge >= 0.3 is 0 Å². The van der Waals surface area contributed by atoms with E-state index in [9.17, 15) is 9.18 Å². The molecule has 140 valence electrons. The minimum Gasteiger partial charge on any atom is -0.339 e. The van der Waals surface area contributed by atoms with E-state index in [1.54, 1.807) is 18.2 Å². The molecule has 0 unspecified atom stereocenters. The lowest BCUT2D eigenvalue weighted by Crippen LogP contribution is -2.23. The highest BCUT2D eigenvalue weighted by molar-refractivity contribution is 9.10. The van der Waals surface area contributed by atoms with Gasteiger partial charge in [-0.15, -0.1) is 0 Å². The highest BCUT2D eigenvalue weighted by Gasteiger charge is 2.10. The normalized spacial score (nSPS) is 10.9. The predicted molar refractivity (Wildman–Crippen MR) is 105 cm³/mol. The van der Waals surface area contributed by atoms with Gasteiger partial charge in [0.05, 0.1) is 12.2 Å². The Morgan fingerprint density at radius 1 is 1.04 bits per heavy atom. The van der Waals surface area contributed by atoms with Crippen LogP contribution in [0.4, 0.5) is 4.39 Å². The second-order valence-electron chi connectivity index (χ2n) is 6.06. The summed E-state index contributed by atoms with van der Waals surface area (Å²) in [5.41, 5.74) is 1.90. The monoisotopic (exact) mass is 440 g/mol. The summed E-state index contributed by atoms with van der Waals surface area (Å²) in [6.45, 7) is 0.286. The molecule has 0 aliphatic rings. The maximum Gasteiger partial charge on any atom is 0.266 e. The summed E-state index contributed by atoms with van der Waals surface area (Å²) in [4.78, 5) is 16.5. The second-order valence-corrected chi connectivity index (χ2v) is 6.97. The quantitative estimate of drug-likeness (QED) is 0.466. The van der Waals surface area contributed by atoms with Crippen molar-refractivity contribution in [2.45, 2.75) is 13.0 Å². The van der Waals surface area contributed by atoms with E-state index < -0.39 is 0 Å². The minimum atomic E-state index is -0.324. The molecule has 4 rings (SSSR count). The lowest BCUT2D eigenvalue weighted by Gasteiger charge is -2.06. The van der Waals surface area contributed by atoms with Crippen LogP contribution in [0.25, 0.3) is 22.6 Å². The van der Waals surface area contributed by atoms with Crippen molar-refractivity contribution in [2.75, 3.05) is 0 Å². The molecule has 0 spiro atoms. The number of aryl methyl sites for hydroxylation is 2. The first-order chi connectivity index (χ1) is 13.6. The lowest BCUT2D eigenvalue weighted by atomic mass is 10.1. The average molecular weight is 441 g/mol. The van der Waals surface area contributed by atoms with Crippen molar-refractivity contribution in [1.29, 1.82) is 0 Å². The molecule has 0 saturated heterocycles. The van der Waals surface area contributed by atoms with Gasteiger partial charge in [0.15, 0.2) is 0 Å². The van der Waals surface area contributed by atoms with Crippen LogP contribution in [0.5, 0.6) is 0 Å². The maximum atomic E-state index is 13.1. The molecule has 0 aliphatic carbocycles. The van der Waals surface area contributed by atoms with Gasteiger partial charge in [-0.25, -0.2) is 9.07 Å². The van der Waals surface area contributed by atoms with Crippen LogP contribution in [0.2, 0.25) is 0 Å². The number of rotatable bonds is 5. The Kier molecular flexibility index (Phi) is 5.12. The third kappa shape index (κ3) is 4.07. The van der Waals surface area contributed by atoms with Crippen LogP contribution in [-0.4, -0.2) is 19.9 Å². The summed E-state index contributed by atoms with van der Waals surface area (Å²) >= 11 is 3.41. The zero-order valence-electron chi connectivity index (χ0n) is 14.5. The molecule has 0 amide bonds. The summed E-state index contributed by atoms with van der Waals surface area (Å²) in [6, 6.07) is 16.6. The van der Waals surface area contributed by atoms with Crippen molar-refractivity contribution in [2.24, 2.45) is 0 Å². The van der Waals surface area contributed by atoms with Crippen molar-refractivity contribution >= 4 is 15.9 Å². The SMILES string of the molecule is O=c1ccc(-c2ccc(F)cc2)nn1CCc1nc(-c2cccc(Br)c2)no1. The zero-order chi connectivity index (χ0) is 19.5. The third-order valence-electron chi connectivity index (χ3n) is 4.09. The second kappa shape index (κ2) is 7.85. The molecule has 2 heterocycles. The van der Waals surface area contributed by atoms with Crippen LogP contribution < -0.4 is 5.56 Å². The van der Waals surface area contributed by atoms with E-state index >= 15 is 0 Å². The van der Waals surface area contributed by atoms with Gasteiger partial charge < -0.3 is 4.52 Å². The summed E-state index contributed by atoms with van der Waals surface area (Å²) in [6.07, 6.45) is 0.362. The molecule has 2 aromatic carbocycles. The van der Waals surface area contributed by atoms with Gasteiger partial charge in [0.2, 0.25) is 11.7 Å². The summed E-state index contributed by atoms with van der Waals surface area (Å²) < 4.78 is 20.6. The largest absolute Gasteiger partial charge is 0.339 e. The molecule has 4 aromatic rings. The molecule has 0 fully saturated rings. The number of hydrogen-bond donors (Lipinski definition) is 0. The Labute approximate surface area is 167 Å². The van der Waals surface area contributed by atoms with Gasteiger partial charge in [0.1, 0.15) is 5.82 Å². The van der Waals surface area contributed by atoms with Crippen LogP contribution >= 0.6 is 15.9 Å². The third-order valence-corrected chi connectivity index (χ3v) is 4.59. The number of hydrogen-bond acceptors (Lipinski definition) is 5. The average Bonchev–Trinajstić information content (AvgIpc) is 3.17. The minimum absolute atomic E-state index is 0.238. The van der Waals surface area contributed by atoms with Gasteiger partial charge in [0, 0.05) is 28.1 Å². The Balaban J connectivity index is 1.51. The lowest BCUT2D eigenvalue weighted by molar-refractivity contribution is 0.368. The highest BCUT2D eigenvalue weighted by atomic mass is 79.9. The summed E-state index contributed by atoms with van der Waals surface area (Å²) in [7, 11) is 0. The van der Waals surface area contributed by atoms with E-state index in [1.807, 2.05) is 24.3 Å². The van der Waals surface area contributed by atoms with Gasteiger partial charge in [0.25, 0.3) is 5.56 Å². The first kappa shape index (κ1) is 18.2. The molecule has 8 heteroatoms. The van der Waals surface area contributed by atoms with Gasteiger partial charge in [-0.2, -0.15) is 10.1 Å². The molecule has 0 radical (unpaired) electrons. The van der Waals surface area contributed by atoms with Gasteiger partial charge in [-0.3, -0.25) is 4.79 Å². The Bertz CT molecular complexity index is 1170. The molecule has 0 N–H and O–H groups in total. The fraction of sp³-hybridized carbons (Fsp3) is 0.100. The van der Waals surface area contributed by atoms with Crippen LogP contribution in [0.3, 0.4) is 0 Å². The molecular formula is C20H14BrFN4O2. The molecule has 0 atom stereocenters. The van der Waals surface area contributed by atoms with Crippen molar-refractivity contribution in [1.82, 2.24) is 19.9 Å². The fourth-order valence-electron chi connectivity index (χ4n) is 2.69. The molecule has 28 heavy (non-hydrogen) atoms. The summed E-state index contributed by atoms with van der Waals surface area (Å²) in [5.74, 6) is 0.572. The Hall–Kier alpha value is -3.13.